The molecule has 4 heterocycles. The Kier molecular flexibility index (Phi) is 7.11. The van der Waals surface area contributed by atoms with Crippen LogP contribution in [0.1, 0.15) is 23.6 Å². The molecule has 0 amide bonds. The van der Waals surface area contributed by atoms with Gasteiger partial charge in [-0.1, -0.05) is 10.3 Å². The molecule has 13 heteroatoms. The zero-order valence-electron chi connectivity index (χ0n) is 18.3. The topological polar surface area (TPSA) is 155 Å². The van der Waals surface area contributed by atoms with Gasteiger partial charge in [-0.05, 0) is 32.9 Å². The third kappa shape index (κ3) is 5.43. The van der Waals surface area contributed by atoms with Crippen molar-refractivity contribution in [1.82, 2.24) is 20.3 Å². The van der Waals surface area contributed by atoms with E-state index in [1.165, 1.54) is 22.7 Å². The predicted octanol–water partition coefficient (Wildman–Crippen LogP) is 3.61. The number of aryl methyl sites for hydroxylation is 1. The standard InChI is InChI=1S/C20H24N6O5S2/c1-4-28-13-9-12(33-15(13)17-23-19(21)30-25-17)7-10(2)29-14-8-11(3)32-16(14)18-24-20(31-26-18)22-5-6-27/h8-10,27H,4-7H2,1-3H3,(H2,21,23,25)(H,22,24,26). The van der Waals surface area contributed by atoms with Gasteiger partial charge in [-0.25, -0.2) is 0 Å². The van der Waals surface area contributed by atoms with Gasteiger partial charge in [0.25, 0.3) is 0 Å². The molecule has 4 rings (SSSR count). The van der Waals surface area contributed by atoms with Crippen molar-refractivity contribution in [2.24, 2.45) is 0 Å². The molecule has 11 nitrogen and oxygen atoms in total. The molecule has 0 aliphatic heterocycles. The lowest BCUT2D eigenvalue weighted by atomic mass is 10.2. The molecule has 0 fully saturated rings. The number of aliphatic hydroxyl groups excluding tert-OH is 1. The molecule has 33 heavy (non-hydrogen) atoms. The molecule has 0 aromatic carbocycles. The predicted molar refractivity (Wildman–Crippen MR) is 125 cm³/mol. The Morgan fingerprint density at radius 3 is 2.61 bits per heavy atom. The van der Waals surface area contributed by atoms with Crippen LogP contribution >= 0.6 is 22.7 Å². The van der Waals surface area contributed by atoms with E-state index in [4.69, 9.17) is 29.4 Å². The summed E-state index contributed by atoms with van der Waals surface area (Å²) in [7, 11) is 0. The molecule has 0 spiro atoms. The van der Waals surface area contributed by atoms with Gasteiger partial charge in [0.1, 0.15) is 27.4 Å². The van der Waals surface area contributed by atoms with Crippen LogP contribution in [-0.2, 0) is 6.42 Å². The summed E-state index contributed by atoms with van der Waals surface area (Å²) in [5.74, 6) is 2.21. The molecule has 0 aliphatic rings. The van der Waals surface area contributed by atoms with Gasteiger partial charge in [-0.2, -0.15) is 9.97 Å². The minimum Gasteiger partial charge on any atom is -0.492 e. The number of nitrogen functional groups attached to an aromatic ring is 1. The highest BCUT2D eigenvalue weighted by Crippen LogP contribution is 2.40. The van der Waals surface area contributed by atoms with Crippen molar-refractivity contribution in [2.45, 2.75) is 33.3 Å². The fourth-order valence-corrected chi connectivity index (χ4v) is 5.10. The summed E-state index contributed by atoms with van der Waals surface area (Å²) in [6, 6.07) is 4.19. The van der Waals surface area contributed by atoms with Crippen molar-refractivity contribution < 1.29 is 23.6 Å². The Balaban J connectivity index is 1.49. The fraction of sp³-hybridized carbons (Fsp3) is 0.400. The molecule has 176 valence electrons. The minimum absolute atomic E-state index is 0.00985. The molecule has 0 radical (unpaired) electrons. The molecule has 0 aliphatic carbocycles. The highest BCUT2D eigenvalue weighted by Gasteiger charge is 2.21. The molecular formula is C20H24N6O5S2. The number of rotatable bonds is 11. The first-order valence-corrected chi connectivity index (χ1v) is 11.9. The van der Waals surface area contributed by atoms with Crippen molar-refractivity contribution in [3.05, 3.63) is 21.9 Å². The molecule has 4 N–H and O–H groups in total. The largest absolute Gasteiger partial charge is 0.492 e. The van der Waals surface area contributed by atoms with E-state index in [-0.39, 0.29) is 24.7 Å². The number of anilines is 2. The Morgan fingerprint density at radius 2 is 1.88 bits per heavy atom. The van der Waals surface area contributed by atoms with Crippen LogP contribution in [0.15, 0.2) is 21.2 Å². The van der Waals surface area contributed by atoms with Crippen molar-refractivity contribution in [2.75, 3.05) is 30.8 Å². The maximum absolute atomic E-state index is 8.94. The average molecular weight is 493 g/mol. The number of ether oxygens (including phenoxy) is 2. The second-order valence-corrected chi connectivity index (χ2v) is 9.44. The second-order valence-electron chi connectivity index (χ2n) is 7.05. The number of nitrogens with one attached hydrogen (secondary N) is 1. The highest BCUT2D eigenvalue weighted by molar-refractivity contribution is 7.16. The summed E-state index contributed by atoms with van der Waals surface area (Å²) in [6.07, 6.45) is 0.495. The Labute approximate surface area is 197 Å². The molecule has 1 atom stereocenters. The normalized spacial score (nSPS) is 12.1. The van der Waals surface area contributed by atoms with Crippen molar-refractivity contribution in [3.63, 3.8) is 0 Å². The summed E-state index contributed by atoms with van der Waals surface area (Å²) in [4.78, 5) is 12.1. The van der Waals surface area contributed by atoms with Crippen molar-refractivity contribution >= 4 is 34.7 Å². The van der Waals surface area contributed by atoms with Crippen LogP contribution in [0.25, 0.3) is 21.4 Å². The zero-order valence-corrected chi connectivity index (χ0v) is 20.0. The van der Waals surface area contributed by atoms with E-state index in [0.29, 0.717) is 42.7 Å². The number of hydrogen-bond donors (Lipinski definition) is 3. The number of nitrogens with zero attached hydrogens (tertiary/aromatic N) is 4. The summed E-state index contributed by atoms with van der Waals surface area (Å²) in [6.45, 7) is 6.72. The quantitative estimate of drug-likeness (QED) is 0.281. The van der Waals surface area contributed by atoms with Gasteiger partial charge in [0, 0.05) is 22.7 Å². The smallest absolute Gasteiger partial charge is 0.321 e. The minimum atomic E-state index is -0.145. The van der Waals surface area contributed by atoms with Crippen molar-refractivity contribution in [3.8, 4) is 32.9 Å². The molecule has 4 aromatic rings. The summed E-state index contributed by atoms with van der Waals surface area (Å²) < 4.78 is 22.1. The lowest BCUT2D eigenvalue weighted by Gasteiger charge is -2.13. The summed E-state index contributed by atoms with van der Waals surface area (Å²) >= 11 is 3.03. The Hall–Kier alpha value is -3.16. The second kappa shape index (κ2) is 10.2. The maximum Gasteiger partial charge on any atom is 0.321 e. The van der Waals surface area contributed by atoms with E-state index in [2.05, 4.69) is 25.6 Å². The molecule has 1 unspecified atom stereocenters. The first-order chi connectivity index (χ1) is 16.0. The third-order valence-electron chi connectivity index (χ3n) is 4.35. The van der Waals surface area contributed by atoms with Gasteiger partial charge in [0.05, 0.1) is 13.2 Å². The van der Waals surface area contributed by atoms with Gasteiger partial charge < -0.3 is 34.7 Å². The maximum atomic E-state index is 8.94. The van der Waals surface area contributed by atoms with Crippen LogP contribution in [0.3, 0.4) is 0 Å². The van der Waals surface area contributed by atoms with Gasteiger partial charge in [0.2, 0.25) is 11.6 Å². The molecule has 0 saturated carbocycles. The van der Waals surface area contributed by atoms with E-state index in [0.717, 1.165) is 19.5 Å². The van der Waals surface area contributed by atoms with E-state index in [1.54, 1.807) is 0 Å². The first-order valence-electron chi connectivity index (χ1n) is 10.3. The van der Waals surface area contributed by atoms with Gasteiger partial charge in [0.15, 0.2) is 0 Å². The van der Waals surface area contributed by atoms with Crippen LogP contribution in [-0.4, -0.2) is 51.3 Å². The molecule has 0 saturated heterocycles. The van der Waals surface area contributed by atoms with E-state index in [9.17, 15) is 0 Å². The van der Waals surface area contributed by atoms with Gasteiger partial charge in [-0.15, -0.1) is 22.7 Å². The Bertz CT molecular complexity index is 1200. The number of nitrogens with two attached hydrogens (primary N) is 1. The van der Waals surface area contributed by atoms with Crippen LogP contribution in [0.4, 0.5) is 12.0 Å². The van der Waals surface area contributed by atoms with Crippen LogP contribution in [0.5, 0.6) is 11.5 Å². The first kappa shape index (κ1) is 23.0. The number of aliphatic hydroxyl groups is 1. The molecule has 4 aromatic heterocycles. The fourth-order valence-electron chi connectivity index (χ4n) is 3.10. The zero-order chi connectivity index (χ0) is 23.4. The van der Waals surface area contributed by atoms with Gasteiger partial charge in [-0.3, -0.25) is 0 Å². The summed E-state index contributed by atoms with van der Waals surface area (Å²) in [5.41, 5.74) is 5.58. The van der Waals surface area contributed by atoms with Crippen LogP contribution in [0.2, 0.25) is 0 Å². The van der Waals surface area contributed by atoms with E-state index >= 15 is 0 Å². The lowest BCUT2D eigenvalue weighted by Crippen LogP contribution is -2.14. The van der Waals surface area contributed by atoms with E-state index in [1.807, 2.05) is 32.9 Å². The van der Waals surface area contributed by atoms with Crippen LogP contribution in [0, 0.1) is 6.92 Å². The third-order valence-corrected chi connectivity index (χ3v) is 6.51. The monoisotopic (exact) mass is 492 g/mol. The summed E-state index contributed by atoms with van der Waals surface area (Å²) in [5, 5.41) is 19.7. The Morgan fingerprint density at radius 1 is 1.12 bits per heavy atom. The number of thiophene rings is 2. The van der Waals surface area contributed by atoms with Gasteiger partial charge >= 0.3 is 12.0 Å². The average Bonchev–Trinajstić information content (AvgIpc) is 3.55. The highest BCUT2D eigenvalue weighted by atomic mass is 32.1. The van der Waals surface area contributed by atoms with Crippen molar-refractivity contribution in [1.29, 1.82) is 0 Å². The molecular weight excluding hydrogens is 468 g/mol. The molecule has 0 bridgehead atoms. The van der Waals surface area contributed by atoms with E-state index < -0.39 is 0 Å². The van der Waals surface area contributed by atoms with Crippen LogP contribution < -0.4 is 20.5 Å². The number of aromatic nitrogens is 4. The number of hydrogen-bond acceptors (Lipinski definition) is 13. The SMILES string of the molecule is CCOc1cc(CC(C)Oc2cc(C)sc2-c2noc(NCCO)n2)sc1-c1noc(N)n1. The lowest BCUT2D eigenvalue weighted by molar-refractivity contribution is 0.224.